The van der Waals surface area contributed by atoms with Crippen LogP contribution in [-0.4, -0.2) is 39.9 Å². The van der Waals surface area contributed by atoms with Crippen LogP contribution >= 0.6 is 15.9 Å². The van der Waals surface area contributed by atoms with Crippen molar-refractivity contribution in [3.05, 3.63) is 51.9 Å². The lowest BCUT2D eigenvalue weighted by atomic mass is 10.1. The molecule has 0 spiro atoms. The van der Waals surface area contributed by atoms with Crippen molar-refractivity contribution in [1.29, 1.82) is 0 Å². The van der Waals surface area contributed by atoms with Crippen LogP contribution in [0.2, 0.25) is 0 Å². The Hall–Kier alpha value is -1.99. The van der Waals surface area contributed by atoms with Crippen molar-refractivity contribution in [3.63, 3.8) is 0 Å². The molecule has 0 radical (unpaired) electrons. The van der Waals surface area contributed by atoms with Gasteiger partial charge in [-0.3, -0.25) is 4.99 Å². The maximum absolute atomic E-state index is 5.82. The number of benzene rings is 1. The average molecular weight is 424 g/mol. The molecule has 2 rings (SSSR count). The summed E-state index contributed by atoms with van der Waals surface area (Å²) in [6, 6.07) is 10.0. The van der Waals surface area contributed by atoms with Crippen LogP contribution in [0, 0.1) is 6.92 Å². The van der Waals surface area contributed by atoms with Gasteiger partial charge in [0.15, 0.2) is 10.6 Å². The third-order valence-corrected chi connectivity index (χ3v) is 4.16. The van der Waals surface area contributed by atoms with E-state index >= 15 is 0 Å². The third-order valence-electron chi connectivity index (χ3n) is 3.73. The van der Waals surface area contributed by atoms with Gasteiger partial charge >= 0.3 is 0 Å². The molecular formula is C19H26BrN3O3. The van der Waals surface area contributed by atoms with E-state index < -0.39 is 0 Å². The number of ether oxygens (including phenoxy) is 2. The molecule has 142 valence electrons. The van der Waals surface area contributed by atoms with Gasteiger partial charge < -0.3 is 24.5 Å². The van der Waals surface area contributed by atoms with Crippen molar-refractivity contribution >= 4 is 21.9 Å². The fourth-order valence-electron chi connectivity index (χ4n) is 2.37. The van der Waals surface area contributed by atoms with Crippen LogP contribution < -0.4 is 15.4 Å². The van der Waals surface area contributed by atoms with Gasteiger partial charge in [-0.2, -0.15) is 0 Å². The first-order valence-corrected chi connectivity index (χ1v) is 9.31. The van der Waals surface area contributed by atoms with Gasteiger partial charge in [-0.25, -0.2) is 0 Å². The number of hydrogen-bond acceptors (Lipinski definition) is 4. The summed E-state index contributed by atoms with van der Waals surface area (Å²) in [6.45, 7) is 4.48. The zero-order valence-electron chi connectivity index (χ0n) is 15.5. The quantitative estimate of drug-likeness (QED) is 0.368. The molecule has 0 aliphatic rings. The van der Waals surface area contributed by atoms with Crippen molar-refractivity contribution in [2.45, 2.75) is 19.9 Å². The molecule has 0 aliphatic carbocycles. The van der Waals surface area contributed by atoms with Crippen molar-refractivity contribution in [2.75, 3.05) is 33.9 Å². The molecule has 1 aromatic heterocycles. The molecule has 2 N–H and O–H groups in total. The summed E-state index contributed by atoms with van der Waals surface area (Å²) in [5, 5.41) is 6.60. The minimum Gasteiger partial charge on any atom is -0.491 e. The maximum Gasteiger partial charge on any atom is 0.191 e. The number of guanidine groups is 1. The predicted octanol–water partition coefficient (Wildman–Crippen LogP) is 3.28. The average Bonchev–Trinajstić information content (AvgIpc) is 3.04. The van der Waals surface area contributed by atoms with Gasteiger partial charge in [0.25, 0.3) is 0 Å². The second-order valence-electron chi connectivity index (χ2n) is 5.76. The molecule has 0 aliphatic heterocycles. The van der Waals surface area contributed by atoms with E-state index in [0.29, 0.717) is 19.8 Å². The number of methoxy groups -OCH3 is 1. The minimum absolute atomic E-state index is 0.526. The second-order valence-corrected chi connectivity index (χ2v) is 6.54. The van der Waals surface area contributed by atoms with Crippen LogP contribution in [0.25, 0.3) is 0 Å². The van der Waals surface area contributed by atoms with Gasteiger partial charge in [-0.15, -0.1) is 0 Å². The molecule has 0 atom stereocenters. The first-order chi connectivity index (χ1) is 12.6. The monoisotopic (exact) mass is 423 g/mol. The Morgan fingerprint density at radius 2 is 2.04 bits per heavy atom. The largest absolute Gasteiger partial charge is 0.491 e. The van der Waals surface area contributed by atoms with E-state index in [2.05, 4.69) is 43.7 Å². The first-order valence-electron chi connectivity index (χ1n) is 8.52. The molecule has 0 unspecified atom stereocenters. The van der Waals surface area contributed by atoms with Gasteiger partial charge in [-0.05, 0) is 46.6 Å². The topological polar surface area (TPSA) is 68.0 Å². The lowest BCUT2D eigenvalue weighted by Gasteiger charge is -2.15. The normalized spacial score (nSPS) is 11.5. The molecular weight excluding hydrogens is 398 g/mol. The van der Waals surface area contributed by atoms with E-state index in [-0.39, 0.29) is 0 Å². The standard InChI is InChI=1S/C19H26BrN3O3/c1-14-4-5-15(17(12-14)25-11-10-24-3)13-23-19(21-2)22-9-8-16-6-7-18(20)26-16/h4-7,12H,8-11,13H2,1-3H3,(H2,21,22,23). The maximum atomic E-state index is 5.82. The molecule has 2 aromatic rings. The highest BCUT2D eigenvalue weighted by Crippen LogP contribution is 2.20. The Kier molecular flexibility index (Phi) is 8.50. The Morgan fingerprint density at radius 1 is 1.19 bits per heavy atom. The summed E-state index contributed by atoms with van der Waals surface area (Å²) in [5.74, 6) is 2.52. The minimum atomic E-state index is 0.526. The fraction of sp³-hybridized carbons (Fsp3) is 0.421. The van der Waals surface area contributed by atoms with Crippen LogP contribution in [0.1, 0.15) is 16.9 Å². The van der Waals surface area contributed by atoms with Gasteiger partial charge in [0.05, 0.1) is 6.61 Å². The molecule has 26 heavy (non-hydrogen) atoms. The van der Waals surface area contributed by atoms with Gasteiger partial charge in [-0.1, -0.05) is 12.1 Å². The van der Waals surface area contributed by atoms with E-state index in [1.165, 1.54) is 0 Å². The van der Waals surface area contributed by atoms with Crippen molar-refractivity contribution in [2.24, 2.45) is 4.99 Å². The number of rotatable bonds is 9. The molecule has 0 saturated heterocycles. The number of aryl methyl sites for hydroxylation is 1. The molecule has 7 heteroatoms. The van der Waals surface area contributed by atoms with Crippen LogP contribution in [0.3, 0.4) is 0 Å². The van der Waals surface area contributed by atoms with Crippen LogP contribution in [0.5, 0.6) is 5.75 Å². The molecule has 1 aromatic carbocycles. The van der Waals surface area contributed by atoms with Gasteiger partial charge in [0, 0.05) is 39.2 Å². The van der Waals surface area contributed by atoms with Gasteiger partial charge in [0.1, 0.15) is 18.1 Å². The zero-order chi connectivity index (χ0) is 18.8. The van der Waals surface area contributed by atoms with Crippen molar-refractivity contribution in [3.8, 4) is 5.75 Å². The highest BCUT2D eigenvalue weighted by molar-refractivity contribution is 9.10. The number of furan rings is 1. The molecule has 0 bridgehead atoms. The lowest BCUT2D eigenvalue weighted by Crippen LogP contribution is -2.37. The molecule has 0 saturated carbocycles. The first kappa shape index (κ1) is 20.3. The van der Waals surface area contributed by atoms with Crippen LogP contribution in [0.15, 0.2) is 44.4 Å². The summed E-state index contributed by atoms with van der Waals surface area (Å²) in [5.41, 5.74) is 2.23. The second kappa shape index (κ2) is 10.9. The number of nitrogens with zero attached hydrogens (tertiary/aromatic N) is 1. The molecule has 0 fully saturated rings. The summed E-state index contributed by atoms with van der Waals surface area (Å²) < 4.78 is 17.1. The third kappa shape index (κ3) is 6.72. The predicted molar refractivity (Wildman–Crippen MR) is 107 cm³/mol. The summed E-state index contributed by atoms with van der Waals surface area (Å²) >= 11 is 3.31. The highest BCUT2D eigenvalue weighted by Gasteiger charge is 2.06. The van der Waals surface area contributed by atoms with Crippen molar-refractivity contribution in [1.82, 2.24) is 10.6 Å². The number of aliphatic imine (C=N–C) groups is 1. The van der Waals surface area contributed by atoms with E-state index in [4.69, 9.17) is 13.9 Å². The van der Waals surface area contributed by atoms with E-state index in [1.807, 2.05) is 25.1 Å². The summed E-state index contributed by atoms with van der Waals surface area (Å²) in [7, 11) is 3.42. The van der Waals surface area contributed by atoms with Crippen molar-refractivity contribution < 1.29 is 13.9 Å². The zero-order valence-corrected chi connectivity index (χ0v) is 17.1. The number of halogens is 1. The Morgan fingerprint density at radius 3 is 2.73 bits per heavy atom. The highest BCUT2D eigenvalue weighted by atomic mass is 79.9. The lowest BCUT2D eigenvalue weighted by molar-refractivity contribution is 0.145. The summed E-state index contributed by atoms with van der Waals surface area (Å²) in [4.78, 5) is 4.26. The van der Waals surface area contributed by atoms with E-state index in [9.17, 15) is 0 Å². The van der Waals surface area contributed by atoms with Gasteiger partial charge in [0.2, 0.25) is 0 Å². The fourth-order valence-corrected chi connectivity index (χ4v) is 2.71. The Labute approximate surface area is 163 Å². The number of hydrogen-bond donors (Lipinski definition) is 2. The van der Waals surface area contributed by atoms with E-state index in [0.717, 1.165) is 46.2 Å². The summed E-state index contributed by atoms with van der Waals surface area (Å²) in [6.07, 6.45) is 0.780. The number of nitrogens with one attached hydrogen (secondary N) is 2. The van der Waals surface area contributed by atoms with Crippen LogP contribution in [-0.2, 0) is 17.7 Å². The van der Waals surface area contributed by atoms with Crippen LogP contribution in [0.4, 0.5) is 0 Å². The molecule has 0 amide bonds. The Balaban J connectivity index is 1.85. The smallest absolute Gasteiger partial charge is 0.191 e. The SMILES string of the molecule is CN=C(NCCc1ccc(Br)o1)NCc1ccc(C)cc1OCCOC. The molecule has 6 nitrogen and oxygen atoms in total. The Bertz CT molecular complexity index is 716. The van der Waals surface area contributed by atoms with E-state index in [1.54, 1.807) is 14.2 Å². The molecule has 1 heterocycles.